The lowest BCUT2D eigenvalue weighted by Crippen LogP contribution is -2.72. The van der Waals surface area contributed by atoms with E-state index in [1.165, 1.54) is 0 Å². The first-order chi connectivity index (χ1) is 10.1. The molecule has 5 heteroatoms. The highest BCUT2D eigenvalue weighted by atomic mass is 16.5. The van der Waals surface area contributed by atoms with E-state index < -0.39 is 5.54 Å². The number of hydrogen-bond donors (Lipinski definition) is 1. The van der Waals surface area contributed by atoms with Crippen LogP contribution < -0.4 is 5.32 Å². The Morgan fingerprint density at radius 2 is 1.95 bits per heavy atom. The number of rotatable bonds is 4. The second-order valence-corrected chi connectivity index (χ2v) is 6.59. The van der Waals surface area contributed by atoms with Gasteiger partial charge in [-0.15, -0.1) is 0 Å². The summed E-state index contributed by atoms with van der Waals surface area (Å²) < 4.78 is 5.92. The molecular formula is C16H26N2O3. The maximum atomic E-state index is 13.1. The summed E-state index contributed by atoms with van der Waals surface area (Å²) in [5.74, 6) is 0.101. The summed E-state index contributed by atoms with van der Waals surface area (Å²) >= 11 is 0. The van der Waals surface area contributed by atoms with Crippen molar-refractivity contribution in [1.29, 1.82) is 0 Å². The van der Waals surface area contributed by atoms with Gasteiger partial charge in [0.05, 0.1) is 18.2 Å². The molecular weight excluding hydrogens is 268 g/mol. The van der Waals surface area contributed by atoms with E-state index >= 15 is 0 Å². The summed E-state index contributed by atoms with van der Waals surface area (Å²) in [6.45, 7) is 5.93. The standard InChI is InChI=1S/C16H26N2O3/c1-4-11-14(19)17-16(5-2,6-3)15(20)18(11)12-9-10-7-8-13(12)21-10/h10-13H,4-9H2,1-3H3,(H,17,19). The largest absolute Gasteiger partial charge is 0.373 e. The Bertz CT molecular complexity index is 447. The smallest absolute Gasteiger partial charge is 0.249 e. The molecule has 0 aromatic rings. The minimum atomic E-state index is -0.718. The number of carbonyl (C=O) groups excluding carboxylic acids is 2. The third kappa shape index (κ3) is 2.08. The Balaban J connectivity index is 1.93. The van der Waals surface area contributed by atoms with Gasteiger partial charge in [-0.25, -0.2) is 0 Å². The molecule has 1 N–H and O–H groups in total. The normalized spacial score (nSPS) is 38.0. The highest BCUT2D eigenvalue weighted by Crippen LogP contribution is 2.40. The second kappa shape index (κ2) is 5.27. The number of piperazine rings is 1. The Labute approximate surface area is 126 Å². The molecule has 3 fully saturated rings. The average Bonchev–Trinajstić information content (AvgIpc) is 3.11. The topological polar surface area (TPSA) is 58.6 Å². The van der Waals surface area contributed by atoms with Crippen LogP contribution in [0, 0.1) is 0 Å². The molecule has 4 atom stereocenters. The van der Waals surface area contributed by atoms with Crippen LogP contribution in [0.3, 0.4) is 0 Å². The summed E-state index contributed by atoms with van der Waals surface area (Å²) in [6, 6.07) is -0.249. The molecule has 0 radical (unpaired) electrons. The van der Waals surface area contributed by atoms with E-state index in [4.69, 9.17) is 4.74 Å². The van der Waals surface area contributed by atoms with Crippen molar-refractivity contribution in [2.24, 2.45) is 0 Å². The van der Waals surface area contributed by atoms with E-state index in [0.717, 1.165) is 19.3 Å². The summed E-state index contributed by atoms with van der Waals surface area (Å²) in [7, 11) is 0. The van der Waals surface area contributed by atoms with Crippen LogP contribution in [0.1, 0.15) is 59.3 Å². The number of hydrogen-bond acceptors (Lipinski definition) is 3. The summed E-state index contributed by atoms with van der Waals surface area (Å²) in [6.07, 6.45) is 5.36. The highest BCUT2D eigenvalue weighted by molar-refractivity contribution is 6.00. The molecule has 0 saturated carbocycles. The zero-order chi connectivity index (χ0) is 15.2. The molecule has 3 heterocycles. The SMILES string of the molecule is CCC1C(=O)NC(CC)(CC)C(=O)N1C1CC2CCC1O2. The van der Waals surface area contributed by atoms with Crippen LogP contribution in [0.15, 0.2) is 0 Å². The Hall–Kier alpha value is -1.10. The quantitative estimate of drug-likeness (QED) is 0.857. The Morgan fingerprint density at radius 3 is 2.43 bits per heavy atom. The maximum Gasteiger partial charge on any atom is 0.249 e. The highest BCUT2D eigenvalue weighted by Gasteiger charge is 2.54. The minimum Gasteiger partial charge on any atom is -0.373 e. The lowest BCUT2D eigenvalue weighted by Gasteiger charge is -2.48. The van der Waals surface area contributed by atoms with Crippen LogP contribution in [0.4, 0.5) is 0 Å². The zero-order valence-electron chi connectivity index (χ0n) is 13.2. The molecule has 4 unspecified atom stereocenters. The fourth-order valence-electron chi connectivity index (χ4n) is 4.28. The van der Waals surface area contributed by atoms with E-state index in [2.05, 4.69) is 5.32 Å². The van der Waals surface area contributed by atoms with Gasteiger partial charge >= 0.3 is 0 Å². The van der Waals surface area contributed by atoms with Crippen LogP contribution in [0.2, 0.25) is 0 Å². The predicted molar refractivity (Wildman–Crippen MR) is 78.7 cm³/mol. The van der Waals surface area contributed by atoms with E-state index in [9.17, 15) is 9.59 Å². The molecule has 5 nitrogen and oxygen atoms in total. The number of fused-ring (bicyclic) bond motifs is 2. The van der Waals surface area contributed by atoms with Gasteiger partial charge in [0.25, 0.3) is 0 Å². The lowest BCUT2D eigenvalue weighted by atomic mass is 9.83. The van der Waals surface area contributed by atoms with Crippen molar-refractivity contribution in [2.45, 2.75) is 89.1 Å². The molecule has 3 rings (SSSR count). The van der Waals surface area contributed by atoms with Crippen molar-refractivity contribution >= 4 is 11.8 Å². The average molecular weight is 294 g/mol. The van der Waals surface area contributed by atoms with Crippen LogP contribution in [-0.2, 0) is 14.3 Å². The Morgan fingerprint density at radius 1 is 1.24 bits per heavy atom. The molecule has 21 heavy (non-hydrogen) atoms. The van der Waals surface area contributed by atoms with Crippen molar-refractivity contribution in [3.05, 3.63) is 0 Å². The van der Waals surface area contributed by atoms with Crippen molar-refractivity contribution in [1.82, 2.24) is 10.2 Å². The number of ether oxygens (including phenoxy) is 1. The molecule has 0 aromatic heterocycles. The second-order valence-electron chi connectivity index (χ2n) is 6.59. The molecule has 0 aliphatic carbocycles. The molecule has 118 valence electrons. The van der Waals surface area contributed by atoms with Gasteiger partial charge in [-0.1, -0.05) is 20.8 Å². The van der Waals surface area contributed by atoms with E-state index in [-0.39, 0.29) is 36.1 Å². The van der Waals surface area contributed by atoms with Crippen LogP contribution in [0.25, 0.3) is 0 Å². The van der Waals surface area contributed by atoms with Crippen molar-refractivity contribution in [2.75, 3.05) is 0 Å². The predicted octanol–water partition coefficient (Wildman–Crippen LogP) is 1.60. The Kier molecular flexibility index (Phi) is 3.72. The fourth-order valence-corrected chi connectivity index (χ4v) is 4.28. The number of carbonyl (C=O) groups is 2. The third-order valence-electron chi connectivity index (χ3n) is 5.67. The molecule has 3 aliphatic heterocycles. The van der Waals surface area contributed by atoms with Crippen LogP contribution >= 0.6 is 0 Å². The molecule has 2 bridgehead atoms. The van der Waals surface area contributed by atoms with Gasteiger partial charge < -0.3 is 15.0 Å². The van der Waals surface area contributed by atoms with Gasteiger partial charge in [0.15, 0.2) is 0 Å². The van der Waals surface area contributed by atoms with Crippen molar-refractivity contribution < 1.29 is 14.3 Å². The first-order valence-corrected chi connectivity index (χ1v) is 8.36. The van der Waals surface area contributed by atoms with Gasteiger partial charge in [0.1, 0.15) is 11.6 Å². The lowest BCUT2D eigenvalue weighted by molar-refractivity contribution is -0.160. The molecule has 0 spiro atoms. The number of amides is 2. The fraction of sp³-hybridized carbons (Fsp3) is 0.875. The van der Waals surface area contributed by atoms with Gasteiger partial charge in [-0.3, -0.25) is 9.59 Å². The van der Waals surface area contributed by atoms with E-state index in [1.807, 2.05) is 25.7 Å². The minimum absolute atomic E-state index is 0.00331. The molecule has 3 aliphatic rings. The molecule has 2 amide bonds. The number of nitrogens with zero attached hydrogens (tertiary/aromatic N) is 1. The zero-order valence-corrected chi connectivity index (χ0v) is 13.2. The van der Waals surface area contributed by atoms with Crippen molar-refractivity contribution in [3.8, 4) is 0 Å². The van der Waals surface area contributed by atoms with Crippen LogP contribution in [-0.4, -0.2) is 46.5 Å². The van der Waals surface area contributed by atoms with E-state index in [1.54, 1.807) is 0 Å². The van der Waals surface area contributed by atoms with Crippen molar-refractivity contribution in [3.63, 3.8) is 0 Å². The first-order valence-electron chi connectivity index (χ1n) is 8.36. The summed E-state index contributed by atoms with van der Waals surface area (Å²) in [5, 5.41) is 3.01. The van der Waals surface area contributed by atoms with Gasteiger partial charge in [0, 0.05) is 0 Å². The third-order valence-corrected chi connectivity index (χ3v) is 5.67. The molecule has 3 saturated heterocycles. The van der Waals surface area contributed by atoms with Gasteiger partial charge in [0.2, 0.25) is 11.8 Å². The van der Waals surface area contributed by atoms with E-state index in [0.29, 0.717) is 19.3 Å². The summed E-state index contributed by atoms with van der Waals surface area (Å²) in [5.41, 5.74) is -0.718. The monoisotopic (exact) mass is 294 g/mol. The molecule has 0 aromatic carbocycles. The van der Waals surface area contributed by atoms with Crippen LogP contribution in [0.5, 0.6) is 0 Å². The van der Waals surface area contributed by atoms with Gasteiger partial charge in [-0.2, -0.15) is 0 Å². The maximum absolute atomic E-state index is 13.1. The number of nitrogens with one attached hydrogen (secondary N) is 1. The summed E-state index contributed by atoms with van der Waals surface area (Å²) in [4.78, 5) is 27.6. The van der Waals surface area contributed by atoms with Gasteiger partial charge in [-0.05, 0) is 38.5 Å². The first kappa shape index (κ1) is 14.8.